The first-order valence-electron chi connectivity index (χ1n) is 8.78. The maximum Gasteiger partial charge on any atom is 0.230 e. The molecule has 5 heteroatoms. The lowest BCUT2D eigenvalue weighted by Crippen LogP contribution is -2.47. The molecule has 1 aliphatic carbocycles. The molecule has 5 nitrogen and oxygen atoms in total. The van der Waals surface area contributed by atoms with E-state index in [0.717, 1.165) is 50.6 Å². The van der Waals surface area contributed by atoms with Crippen molar-refractivity contribution >= 4 is 5.91 Å². The maximum atomic E-state index is 12.3. The molecule has 0 N–H and O–H groups in total. The quantitative estimate of drug-likeness (QED) is 0.836. The zero-order chi connectivity index (χ0) is 15.7. The van der Waals surface area contributed by atoms with E-state index in [1.165, 1.54) is 12.8 Å². The summed E-state index contributed by atoms with van der Waals surface area (Å²) in [5.41, 5.74) is -0.0598. The molecular formula is C18H25NO4. The molecule has 0 aromatic carbocycles. The molecule has 3 fully saturated rings. The van der Waals surface area contributed by atoms with E-state index < -0.39 is 0 Å². The summed E-state index contributed by atoms with van der Waals surface area (Å²) in [4.78, 5) is 14.3. The minimum atomic E-state index is -0.0598. The van der Waals surface area contributed by atoms with Crippen molar-refractivity contribution in [3.05, 3.63) is 24.2 Å². The molecule has 1 atom stereocenters. The zero-order valence-corrected chi connectivity index (χ0v) is 13.5. The largest absolute Gasteiger partial charge is 0.469 e. The number of carbonyl (C=O) groups excluding carboxylic acids is 1. The van der Waals surface area contributed by atoms with Crippen molar-refractivity contribution in [3.63, 3.8) is 0 Å². The van der Waals surface area contributed by atoms with Crippen molar-refractivity contribution in [2.75, 3.05) is 26.3 Å². The summed E-state index contributed by atoms with van der Waals surface area (Å²) in [7, 11) is 0. The van der Waals surface area contributed by atoms with Gasteiger partial charge in [0, 0.05) is 26.1 Å². The van der Waals surface area contributed by atoms with Gasteiger partial charge in [0.2, 0.25) is 5.91 Å². The fourth-order valence-corrected chi connectivity index (χ4v) is 3.65. The van der Waals surface area contributed by atoms with Gasteiger partial charge in [-0.15, -0.1) is 0 Å². The summed E-state index contributed by atoms with van der Waals surface area (Å²) in [6.45, 7) is 3.16. The molecule has 3 aliphatic rings. The van der Waals surface area contributed by atoms with E-state index in [0.29, 0.717) is 13.0 Å². The standard InChI is InChI=1S/C18H25NO4/c20-17(10-15-2-1-9-21-15)19-7-5-18(6-8-19)11-16(13-23-18)22-12-14-3-4-14/h1-2,9,14,16H,3-8,10-13H2. The highest BCUT2D eigenvalue weighted by Crippen LogP contribution is 2.38. The summed E-state index contributed by atoms with van der Waals surface area (Å²) < 4.78 is 17.3. The van der Waals surface area contributed by atoms with Gasteiger partial charge in [0.25, 0.3) is 0 Å². The molecule has 3 heterocycles. The molecule has 1 saturated carbocycles. The first kappa shape index (κ1) is 15.2. The van der Waals surface area contributed by atoms with Crippen LogP contribution < -0.4 is 0 Å². The van der Waals surface area contributed by atoms with Gasteiger partial charge in [-0.2, -0.15) is 0 Å². The summed E-state index contributed by atoms with van der Waals surface area (Å²) >= 11 is 0. The number of carbonyl (C=O) groups is 1. The number of hydrogen-bond donors (Lipinski definition) is 0. The Morgan fingerprint density at radius 3 is 2.87 bits per heavy atom. The Hall–Kier alpha value is -1.33. The van der Waals surface area contributed by atoms with E-state index in [1.807, 2.05) is 17.0 Å². The van der Waals surface area contributed by atoms with Crippen LogP contribution in [-0.2, 0) is 20.7 Å². The average Bonchev–Trinajstić information content (AvgIpc) is 3.10. The Balaban J connectivity index is 1.24. The van der Waals surface area contributed by atoms with Crippen LogP contribution in [-0.4, -0.2) is 48.8 Å². The molecule has 2 saturated heterocycles. The SMILES string of the molecule is O=C(Cc1ccco1)N1CCC2(CC1)CC(OCC1CC1)CO2. The lowest BCUT2D eigenvalue weighted by molar-refractivity contribution is -0.135. The third kappa shape index (κ3) is 3.61. The monoisotopic (exact) mass is 319 g/mol. The zero-order valence-electron chi connectivity index (χ0n) is 13.5. The second kappa shape index (κ2) is 6.29. The molecular weight excluding hydrogens is 294 g/mol. The number of furan rings is 1. The van der Waals surface area contributed by atoms with Gasteiger partial charge in [0.05, 0.1) is 31.0 Å². The number of rotatable bonds is 5. The van der Waals surface area contributed by atoms with E-state index >= 15 is 0 Å². The van der Waals surface area contributed by atoms with Gasteiger partial charge in [0.15, 0.2) is 0 Å². The van der Waals surface area contributed by atoms with E-state index in [2.05, 4.69) is 0 Å². The number of amides is 1. The van der Waals surface area contributed by atoms with Crippen LogP contribution >= 0.6 is 0 Å². The van der Waals surface area contributed by atoms with Crippen LogP contribution in [0, 0.1) is 5.92 Å². The van der Waals surface area contributed by atoms with Crippen molar-refractivity contribution in [2.45, 2.75) is 50.2 Å². The third-order valence-electron chi connectivity index (χ3n) is 5.37. The third-order valence-corrected chi connectivity index (χ3v) is 5.37. The highest BCUT2D eigenvalue weighted by atomic mass is 16.6. The van der Waals surface area contributed by atoms with E-state index in [1.54, 1.807) is 6.26 Å². The van der Waals surface area contributed by atoms with E-state index in [4.69, 9.17) is 13.9 Å². The van der Waals surface area contributed by atoms with Gasteiger partial charge in [-0.05, 0) is 43.7 Å². The number of nitrogens with zero attached hydrogens (tertiary/aromatic N) is 1. The van der Waals surface area contributed by atoms with Crippen LogP contribution in [0.15, 0.2) is 22.8 Å². The van der Waals surface area contributed by atoms with E-state index in [-0.39, 0.29) is 17.6 Å². The predicted molar refractivity (Wildman–Crippen MR) is 84.0 cm³/mol. The second-order valence-corrected chi connectivity index (χ2v) is 7.23. The molecule has 2 aliphatic heterocycles. The average molecular weight is 319 g/mol. The first-order valence-corrected chi connectivity index (χ1v) is 8.78. The summed E-state index contributed by atoms with van der Waals surface area (Å²) in [5.74, 6) is 1.68. The van der Waals surface area contributed by atoms with Crippen molar-refractivity contribution in [1.82, 2.24) is 4.90 Å². The van der Waals surface area contributed by atoms with Crippen LogP contribution in [0.1, 0.15) is 37.9 Å². The first-order chi connectivity index (χ1) is 11.2. The Morgan fingerprint density at radius 2 is 2.17 bits per heavy atom. The van der Waals surface area contributed by atoms with Gasteiger partial charge < -0.3 is 18.8 Å². The molecule has 1 aromatic heterocycles. The lowest BCUT2D eigenvalue weighted by Gasteiger charge is -2.38. The Bertz CT molecular complexity index is 529. The molecule has 126 valence electrons. The number of hydrogen-bond acceptors (Lipinski definition) is 4. The van der Waals surface area contributed by atoms with Crippen molar-refractivity contribution in [2.24, 2.45) is 5.92 Å². The summed E-state index contributed by atoms with van der Waals surface area (Å²) in [5, 5.41) is 0. The van der Waals surface area contributed by atoms with Crippen molar-refractivity contribution in [1.29, 1.82) is 0 Å². The van der Waals surface area contributed by atoms with Gasteiger partial charge in [-0.1, -0.05) is 0 Å². The normalized spacial score (nSPS) is 26.8. The van der Waals surface area contributed by atoms with Crippen LogP contribution in [0.5, 0.6) is 0 Å². The smallest absolute Gasteiger partial charge is 0.230 e. The summed E-state index contributed by atoms with van der Waals surface area (Å²) in [6.07, 6.45) is 7.69. The van der Waals surface area contributed by atoms with Gasteiger partial charge >= 0.3 is 0 Å². The van der Waals surface area contributed by atoms with Gasteiger partial charge in [-0.3, -0.25) is 4.79 Å². The molecule has 4 rings (SSSR count). The van der Waals surface area contributed by atoms with Crippen molar-refractivity contribution in [3.8, 4) is 0 Å². The molecule has 1 unspecified atom stereocenters. The molecule has 1 amide bonds. The molecule has 1 spiro atoms. The Kier molecular flexibility index (Phi) is 4.16. The van der Waals surface area contributed by atoms with Gasteiger partial charge in [-0.25, -0.2) is 0 Å². The maximum absolute atomic E-state index is 12.3. The van der Waals surface area contributed by atoms with Gasteiger partial charge in [0.1, 0.15) is 5.76 Å². The van der Waals surface area contributed by atoms with E-state index in [9.17, 15) is 4.79 Å². The molecule has 0 radical (unpaired) electrons. The molecule has 1 aromatic rings. The fourth-order valence-electron chi connectivity index (χ4n) is 3.65. The van der Waals surface area contributed by atoms with Crippen LogP contribution in [0.25, 0.3) is 0 Å². The summed E-state index contributed by atoms with van der Waals surface area (Å²) in [6, 6.07) is 3.67. The number of likely N-dealkylation sites (tertiary alicyclic amines) is 1. The molecule has 0 bridgehead atoms. The van der Waals surface area contributed by atoms with Crippen LogP contribution in [0.4, 0.5) is 0 Å². The molecule has 23 heavy (non-hydrogen) atoms. The fraction of sp³-hybridized carbons (Fsp3) is 0.722. The predicted octanol–water partition coefficient (Wildman–Crippen LogP) is 2.40. The Labute approximate surface area is 136 Å². The Morgan fingerprint density at radius 1 is 1.35 bits per heavy atom. The van der Waals surface area contributed by atoms with Crippen molar-refractivity contribution < 1.29 is 18.7 Å². The minimum Gasteiger partial charge on any atom is -0.469 e. The van der Waals surface area contributed by atoms with Crippen LogP contribution in [0.3, 0.4) is 0 Å². The second-order valence-electron chi connectivity index (χ2n) is 7.23. The highest BCUT2D eigenvalue weighted by Gasteiger charge is 2.44. The van der Waals surface area contributed by atoms with Crippen LogP contribution in [0.2, 0.25) is 0 Å². The minimum absolute atomic E-state index is 0.0598. The topological polar surface area (TPSA) is 51.9 Å². The number of ether oxygens (including phenoxy) is 2. The highest BCUT2D eigenvalue weighted by molar-refractivity contribution is 5.78. The number of piperidine rings is 1. The lowest BCUT2D eigenvalue weighted by atomic mass is 9.88.